The molecule has 2 N–H and O–H groups in total. The van der Waals surface area contributed by atoms with Crippen LogP contribution in [-0.4, -0.2) is 15.9 Å². The molecular formula is C10H15N3O. The fourth-order valence-corrected chi connectivity index (χ4v) is 2.42. The van der Waals surface area contributed by atoms with E-state index in [0.29, 0.717) is 18.0 Å². The van der Waals surface area contributed by atoms with Crippen LogP contribution in [0.1, 0.15) is 38.4 Å². The lowest BCUT2D eigenvalue weighted by Crippen LogP contribution is -2.48. The summed E-state index contributed by atoms with van der Waals surface area (Å²) in [5, 5.41) is 4.34. The highest BCUT2D eigenvalue weighted by molar-refractivity contribution is 5.33. The van der Waals surface area contributed by atoms with E-state index in [2.05, 4.69) is 23.6 Å². The van der Waals surface area contributed by atoms with Gasteiger partial charge < -0.3 is 10.5 Å². The van der Waals surface area contributed by atoms with Crippen LogP contribution in [0.4, 0.5) is 5.82 Å². The van der Waals surface area contributed by atoms with Crippen molar-refractivity contribution in [2.24, 2.45) is 0 Å². The first kappa shape index (κ1) is 8.29. The zero-order valence-electron chi connectivity index (χ0n) is 8.53. The predicted octanol–water partition coefficient (Wildman–Crippen LogP) is 1.43. The number of nitrogen functional groups attached to an aromatic ring is 1. The molecule has 2 unspecified atom stereocenters. The molecular weight excluding hydrogens is 178 g/mol. The van der Waals surface area contributed by atoms with Gasteiger partial charge >= 0.3 is 0 Å². The third kappa shape index (κ3) is 0.892. The molecule has 1 aromatic rings. The quantitative estimate of drug-likeness (QED) is 0.678. The molecule has 14 heavy (non-hydrogen) atoms. The summed E-state index contributed by atoms with van der Waals surface area (Å²) in [6.07, 6.45) is 2.65. The molecule has 0 saturated heterocycles. The molecule has 0 spiro atoms. The Morgan fingerprint density at radius 1 is 1.57 bits per heavy atom. The van der Waals surface area contributed by atoms with E-state index in [1.165, 1.54) is 0 Å². The van der Waals surface area contributed by atoms with Gasteiger partial charge in [0.25, 0.3) is 0 Å². The Bertz CT molecular complexity index is 383. The minimum atomic E-state index is -0.244. The van der Waals surface area contributed by atoms with Crippen LogP contribution < -0.4 is 5.73 Å². The Morgan fingerprint density at radius 3 is 3.00 bits per heavy atom. The predicted molar refractivity (Wildman–Crippen MR) is 52.8 cm³/mol. The minimum absolute atomic E-state index is 0.244. The molecule has 4 nitrogen and oxygen atoms in total. The summed E-state index contributed by atoms with van der Waals surface area (Å²) in [6, 6.07) is 2.35. The van der Waals surface area contributed by atoms with Gasteiger partial charge in [-0.1, -0.05) is 0 Å². The first-order valence-corrected chi connectivity index (χ1v) is 5.11. The van der Waals surface area contributed by atoms with Crippen molar-refractivity contribution in [1.82, 2.24) is 9.78 Å². The van der Waals surface area contributed by atoms with Crippen LogP contribution in [0.25, 0.3) is 0 Å². The summed E-state index contributed by atoms with van der Waals surface area (Å²) < 4.78 is 8.06. The molecule has 1 saturated carbocycles. The number of anilines is 1. The maximum Gasteiger partial charge on any atom is 0.145 e. The normalized spacial score (nSPS) is 33.0. The number of nitrogens with two attached hydrogens (primary N) is 1. The van der Waals surface area contributed by atoms with E-state index in [4.69, 9.17) is 10.5 Å². The Balaban J connectivity index is 2.15. The summed E-state index contributed by atoms with van der Waals surface area (Å²) in [5.74, 6) is 0.601. The van der Waals surface area contributed by atoms with Crippen molar-refractivity contribution in [2.75, 3.05) is 5.73 Å². The van der Waals surface area contributed by atoms with Gasteiger partial charge in [-0.3, -0.25) is 4.68 Å². The molecule has 2 atom stereocenters. The van der Waals surface area contributed by atoms with Crippen molar-refractivity contribution in [3.8, 4) is 0 Å². The summed E-state index contributed by atoms with van der Waals surface area (Å²) in [4.78, 5) is 0. The Kier molecular flexibility index (Phi) is 1.37. The number of hydrogen-bond acceptors (Lipinski definition) is 3. The second-order valence-corrected chi connectivity index (χ2v) is 4.71. The van der Waals surface area contributed by atoms with Gasteiger partial charge in [-0.25, -0.2) is 0 Å². The number of aromatic nitrogens is 2. The second kappa shape index (κ2) is 2.31. The van der Waals surface area contributed by atoms with Gasteiger partial charge in [-0.2, -0.15) is 5.10 Å². The maximum absolute atomic E-state index is 6.00. The van der Waals surface area contributed by atoms with Crippen LogP contribution in [0, 0.1) is 0 Å². The van der Waals surface area contributed by atoms with Crippen molar-refractivity contribution in [1.29, 1.82) is 0 Å². The largest absolute Gasteiger partial charge is 0.382 e. The van der Waals surface area contributed by atoms with E-state index in [0.717, 1.165) is 18.5 Å². The average Bonchev–Trinajstić information content (AvgIpc) is 2.40. The van der Waals surface area contributed by atoms with Crippen molar-refractivity contribution in [2.45, 2.75) is 44.4 Å². The number of fused-ring (bicyclic) bond motifs is 3. The number of nitrogens with zero attached hydrogens (tertiary/aromatic N) is 2. The van der Waals surface area contributed by atoms with Crippen LogP contribution in [-0.2, 0) is 10.3 Å². The molecule has 0 bridgehead atoms. The maximum atomic E-state index is 6.00. The highest BCUT2D eigenvalue weighted by Gasteiger charge is 2.45. The molecule has 0 amide bonds. The van der Waals surface area contributed by atoms with Gasteiger partial charge in [-0.15, -0.1) is 0 Å². The van der Waals surface area contributed by atoms with Gasteiger partial charge in [-0.05, 0) is 26.7 Å². The molecule has 0 aromatic carbocycles. The van der Waals surface area contributed by atoms with Crippen molar-refractivity contribution in [3.63, 3.8) is 0 Å². The van der Waals surface area contributed by atoms with E-state index in [1.807, 2.05) is 6.07 Å². The van der Waals surface area contributed by atoms with Crippen LogP contribution in [0.2, 0.25) is 0 Å². The zero-order chi connectivity index (χ0) is 9.92. The lowest BCUT2D eigenvalue weighted by molar-refractivity contribution is -0.163. The van der Waals surface area contributed by atoms with E-state index >= 15 is 0 Å². The van der Waals surface area contributed by atoms with Gasteiger partial charge in [0.15, 0.2) is 0 Å². The summed E-state index contributed by atoms with van der Waals surface area (Å²) in [6.45, 7) is 4.16. The topological polar surface area (TPSA) is 53.1 Å². The molecule has 1 aliphatic heterocycles. The monoisotopic (exact) mass is 193 g/mol. The van der Waals surface area contributed by atoms with E-state index < -0.39 is 0 Å². The highest BCUT2D eigenvalue weighted by Crippen LogP contribution is 2.46. The molecule has 1 aromatic heterocycles. The minimum Gasteiger partial charge on any atom is -0.382 e. The zero-order valence-corrected chi connectivity index (χ0v) is 8.53. The fourth-order valence-electron chi connectivity index (χ4n) is 2.42. The van der Waals surface area contributed by atoms with Crippen LogP contribution >= 0.6 is 0 Å². The third-order valence-corrected chi connectivity index (χ3v) is 3.31. The standard InChI is InChI=1S/C10H15N3O/c1-10(2)8-5-9(11)12-13(8)6-3-4-7(6)14-10/h5-7H,3-4H2,1-2H3,(H2,11,12). The number of hydrogen-bond donors (Lipinski definition) is 1. The highest BCUT2D eigenvalue weighted by atomic mass is 16.5. The average molecular weight is 193 g/mol. The Morgan fingerprint density at radius 2 is 2.36 bits per heavy atom. The fraction of sp³-hybridized carbons (Fsp3) is 0.700. The van der Waals surface area contributed by atoms with Crippen LogP contribution in [0.15, 0.2) is 6.07 Å². The van der Waals surface area contributed by atoms with E-state index in [9.17, 15) is 0 Å². The molecule has 3 rings (SSSR count). The SMILES string of the molecule is CC1(C)OC2CCC2n2nc(N)cc21. The first-order chi connectivity index (χ1) is 6.58. The molecule has 1 aliphatic carbocycles. The van der Waals surface area contributed by atoms with Gasteiger partial charge in [0.1, 0.15) is 11.4 Å². The van der Waals surface area contributed by atoms with Crippen LogP contribution in [0.5, 0.6) is 0 Å². The lowest BCUT2D eigenvalue weighted by atomic mass is 9.85. The van der Waals surface area contributed by atoms with Crippen molar-refractivity contribution < 1.29 is 4.74 Å². The summed E-state index contributed by atoms with van der Waals surface area (Å²) in [7, 11) is 0. The van der Waals surface area contributed by atoms with E-state index in [-0.39, 0.29) is 5.60 Å². The second-order valence-electron chi connectivity index (χ2n) is 4.71. The molecule has 4 heteroatoms. The van der Waals surface area contributed by atoms with E-state index in [1.54, 1.807) is 0 Å². The first-order valence-electron chi connectivity index (χ1n) is 5.11. The summed E-state index contributed by atoms with van der Waals surface area (Å²) in [5.41, 5.74) is 6.59. The molecule has 2 heterocycles. The Labute approximate surface area is 83.0 Å². The number of rotatable bonds is 0. The Hall–Kier alpha value is -1.03. The third-order valence-electron chi connectivity index (χ3n) is 3.31. The van der Waals surface area contributed by atoms with Gasteiger partial charge in [0.05, 0.1) is 17.8 Å². The van der Waals surface area contributed by atoms with Gasteiger partial charge in [0.2, 0.25) is 0 Å². The summed E-state index contributed by atoms with van der Waals surface area (Å²) >= 11 is 0. The van der Waals surface area contributed by atoms with Crippen molar-refractivity contribution in [3.05, 3.63) is 11.8 Å². The molecule has 76 valence electrons. The molecule has 0 radical (unpaired) electrons. The lowest BCUT2D eigenvalue weighted by Gasteiger charge is -2.47. The molecule has 2 aliphatic rings. The van der Waals surface area contributed by atoms with Gasteiger partial charge in [0, 0.05) is 6.07 Å². The van der Waals surface area contributed by atoms with Crippen molar-refractivity contribution >= 4 is 5.82 Å². The smallest absolute Gasteiger partial charge is 0.145 e. The number of ether oxygens (including phenoxy) is 1. The van der Waals surface area contributed by atoms with Crippen LogP contribution in [0.3, 0.4) is 0 Å². The molecule has 1 fully saturated rings.